The fourth-order valence-electron chi connectivity index (χ4n) is 1.66. The van der Waals surface area contributed by atoms with Crippen LogP contribution in [0.4, 0.5) is 5.69 Å². The predicted molar refractivity (Wildman–Crippen MR) is 65.7 cm³/mol. The zero-order valence-corrected chi connectivity index (χ0v) is 9.59. The van der Waals surface area contributed by atoms with Gasteiger partial charge in [-0.1, -0.05) is 6.07 Å². The molecule has 1 aliphatic rings. The van der Waals surface area contributed by atoms with Crippen LogP contribution >= 0.6 is 11.8 Å². The van der Waals surface area contributed by atoms with E-state index in [1.807, 2.05) is 11.8 Å². The largest absolute Gasteiger partial charge is 0.505 e. The van der Waals surface area contributed by atoms with Crippen LogP contribution in [0.15, 0.2) is 18.2 Å². The van der Waals surface area contributed by atoms with E-state index in [9.17, 15) is 9.90 Å². The molecule has 86 valence electrons. The Hall–Kier alpha value is -1.36. The van der Waals surface area contributed by atoms with Gasteiger partial charge in [-0.3, -0.25) is 4.79 Å². The molecule has 1 unspecified atom stereocenters. The van der Waals surface area contributed by atoms with E-state index in [-0.39, 0.29) is 28.9 Å². The number of thioether (sulfide) groups is 1. The topological polar surface area (TPSA) is 75.4 Å². The maximum Gasteiger partial charge on any atom is 0.255 e. The molecule has 1 amide bonds. The van der Waals surface area contributed by atoms with Gasteiger partial charge in [0, 0.05) is 11.8 Å². The van der Waals surface area contributed by atoms with Crippen LogP contribution in [0.25, 0.3) is 0 Å². The van der Waals surface area contributed by atoms with E-state index in [0.717, 1.165) is 17.9 Å². The lowest BCUT2D eigenvalue weighted by atomic mass is 10.1. The molecule has 4 nitrogen and oxygen atoms in total. The molecule has 1 saturated heterocycles. The third-order valence-electron chi connectivity index (χ3n) is 2.58. The average Bonchev–Trinajstić information content (AvgIpc) is 2.74. The van der Waals surface area contributed by atoms with E-state index in [1.54, 1.807) is 18.2 Å². The number of nitrogens with one attached hydrogen (secondary N) is 1. The number of benzene rings is 1. The summed E-state index contributed by atoms with van der Waals surface area (Å²) in [4.78, 5) is 11.8. The highest BCUT2D eigenvalue weighted by molar-refractivity contribution is 7.99. The predicted octanol–water partition coefficient (Wildman–Crippen LogP) is 1.21. The number of hydrogen-bond acceptors (Lipinski definition) is 4. The van der Waals surface area contributed by atoms with Gasteiger partial charge in [0.05, 0.1) is 11.3 Å². The van der Waals surface area contributed by atoms with Crippen molar-refractivity contribution in [3.8, 4) is 5.75 Å². The smallest absolute Gasteiger partial charge is 0.255 e. The third kappa shape index (κ3) is 2.24. The highest BCUT2D eigenvalue weighted by Gasteiger charge is 2.20. The minimum atomic E-state index is -0.252. The van der Waals surface area contributed by atoms with Crippen LogP contribution in [-0.4, -0.2) is 28.6 Å². The number of nitrogens with two attached hydrogens (primary N) is 1. The van der Waals surface area contributed by atoms with Crippen molar-refractivity contribution in [2.24, 2.45) is 0 Å². The molecule has 4 N–H and O–H groups in total. The zero-order chi connectivity index (χ0) is 11.5. The number of amides is 1. The van der Waals surface area contributed by atoms with E-state index in [2.05, 4.69) is 5.32 Å². The molecule has 16 heavy (non-hydrogen) atoms. The SMILES string of the molecule is Nc1cccc(C(=O)NC2CCSC2)c1O. The van der Waals surface area contributed by atoms with Crippen molar-refractivity contribution < 1.29 is 9.90 Å². The van der Waals surface area contributed by atoms with Crippen LogP contribution in [0.1, 0.15) is 16.8 Å². The molecule has 1 aromatic rings. The Morgan fingerprint density at radius 3 is 3.06 bits per heavy atom. The summed E-state index contributed by atoms with van der Waals surface area (Å²) in [5, 5.41) is 12.5. The second-order valence-electron chi connectivity index (χ2n) is 3.78. The molecule has 0 aromatic heterocycles. The second kappa shape index (κ2) is 4.65. The first-order valence-electron chi connectivity index (χ1n) is 5.14. The number of rotatable bonds is 2. The Labute approximate surface area is 98.2 Å². The van der Waals surface area contributed by atoms with Crippen molar-refractivity contribution in [3.63, 3.8) is 0 Å². The van der Waals surface area contributed by atoms with Crippen LogP contribution in [-0.2, 0) is 0 Å². The maximum atomic E-state index is 11.8. The van der Waals surface area contributed by atoms with Gasteiger partial charge < -0.3 is 16.2 Å². The van der Waals surface area contributed by atoms with Crippen LogP contribution < -0.4 is 11.1 Å². The third-order valence-corrected chi connectivity index (χ3v) is 3.74. The number of para-hydroxylation sites is 1. The lowest BCUT2D eigenvalue weighted by Gasteiger charge is -2.12. The Balaban J connectivity index is 2.11. The van der Waals surface area contributed by atoms with E-state index >= 15 is 0 Å². The summed E-state index contributed by atoms with van der Waals surface area (Å²) < 4.78 is 0. The van der Waals surface area contributed by atoms with Gasteiger partial charge in [-0.2, -0.15) is 11.8 Å². The Bertz CT molecular complexity index is 403. The molecule has 2 rings (SSSR count). The molecule has 1 aliphatic heterocycles. The molecule has 1 atom stereocenters. The zero-order valence-electron chi connectivity index (χ0n) is 8.77. The fourth-order valence-corrected chi connectivity index (χ4v) is 2.81. The molecule has 0 spiro atoms. The molecule has 0 saturated carbocycles. The fraction of sp³-hybridized carbons (Fsp3) is 0.364. The molecule has 0 radical (unpaired) electrons. The van der Waals surface area contributed by atoms with Crippen LogP contribution in [0.5, 0.6) is 5.75 Å². The lowest BCUT2D eigenvalue weighted by Crippen LogP contribution is -2.34. The maximum absolute atomic E-state index is 11.8. The summed E-state index contributed by atoms with van der Waals surface area (Å²) in [6, 6.07) is 5.01. The number of carbonyl (C=O) groups is 1. The molecular formula is C11H14N2O2S. The Morgan fingerprint density at radius 2 is 2.38 bits per heavy atom. The van der Waals surface area contributed by atoms with Crippen LogP contribution in [0.3, 0.4) is 0 Å². The summed E-state index contributed by atoms with van der Waals surface area (Å²) in [6.45, 7) is 0. The highest BCUT2D eigenvalue weighted by atomic mass is 32.2. The minimum Gasteiger partial charge on any atom is -0.505 e. The van der Waals surface area contributed by atoms with E-state index < -0.39 is 0 Å². The number of hydrogen-bond donors (Lipinski definition) is 3. The average molecular weight is 238 g/mol. The number of phenolic OH excluding ortho intramolecular Hbond substituents is 1. The number of carbonyl (C=O) groups excluding carboxylic acids is 1. The monoisotopic (exact) mass is 238 g/mol. The van der Waals surface area contributed by atoms with Crippen LogP contribution in [0.2, 0.25) is 0 Å². The van der Waals surface area contributed by atoms with Gasteiger partial charge in [-0.05, 0) is 24.3 Å². The Morgan fingerprint density at radius 1 is 1.56 bits per heavy atom. The number of anilines is 1. The quantitative estimate of drug-likeness (QED) is 0.535. The molecule has 0 bridgehead atoms. The molecule has 5 heteroatoms. The standard InChI is InChI=1S/C11H14N2O2S/c12-9-3-1-2-8(10(9)14)11(15)13-7-4-5-16-6-7/h1-3,7,14H,4-6,12H2,(H,13,15). The lowest BCUT2D eigenvalue weighted by molar-refractivity contribution is 0.0938. The summed E-state index contributed by atoms with van der Waals surface area (Å²) in [6.07, 6.45) is 0.986. The van der Waals surface area contributed by atoms with Gasteiger partial charge in [0.1, 0.15) is 0 Å². The van der Waals surface area contributed by atoms with Crippen molar-refractivity contribution in [2.75, 3.05) is 17.2 Å². The summed E-state index contributed by atoms with van der Waals surface area (Å²) in [7, 11) is 0. The summed E-state index contributed by atoms with van der Waals surface area (Å²) in [5.74, 6) is 1.63. The van der Waals surface area contributed by atoms with Gasteiger partial charge in [0.15, 0.2) is 5.75 Å². The van der Waals surface area contributed by atoms with Crippen molar-refractivity contribution in [2.45, 2.75) is 12.5 Å². The number of aromatic hydroxyl groups is 1. The normalized spacial score (nSPS) is 19.6. The minimum absolute atomic E-state index is 0.134. The molecule has 0 aliphatic carbocycles. The molecular weight excluding hydrogens is 224 g/mol. The first-order chi connectivity index (χ1) is 7.68. The molecule has 1 heterocycles. The van der Waals surface area contributed by atoms with E-state index in [0.29, 0.717) is 0 Å². The first-order valence-corrected chi connectivity index (χ1v) is 6.30. The second-order valence-corrected chi connectivity index (χ2v) is 4.93. The Kier molecular flexibility index (Phi) is 3.24. The van der Waals surface area contributed by atoms with Crippen molar-refractivity contribution in [1.82, 2.24) is 5.32 Å². The first kappa shape index (κ1) is 11.1. The van der Waals surface area contributed by atoms with Gasteiger partial charge in [0.25, 0.3) is 5.91 Å². The summed E-state index contributed by atoms with van der Waals surface area (Å²) in [5.41, 5.74) is 6.01. The van der Waals surface area contributed by atoms with Gasteiger partial charge in [-0.15, -0.1) is 0 Å². The van der Waals surface area contributed by atoms with Gasteiger partial charge >= 0.3 is 0 Å². The number of phenols is 1. The van der Waals surface area contributed by atoms with Crippen LogP contribution in [0, 0.1) is 0 Å². The van der Waals surface area contributed by atoms with Crippen molar-refractivity contribution in [3.05, 3.63) is 23.8 Å². The van der Waals surface area contributed by atoms with Gasteiger partial charge in [0.2, 0.25) is 0 Å². The van der Waals surface area contributed by atoms with E-state index in [4.69, 9.17) is 5.73 Å². The van der Waals surface area contributed by atoms with E-state index in [1.165, 1.54) is 0 Å². The summed E-state index contributed by atoms with van der Waals surface area (Å²) >= 11 is 1.82. The number of nitrogen functional groups attached to an aromatic ring is 1. The highest BCUT2D eigenvalue weighted by Crippen LogP contribution is 2.25. The van der Waals surface area contributed by atoms with Gasteiger partial charge in [-0.25, -0.2) is 0 Å². The van der Waals surface area contributed by atoms with Crippen molar-refractivity contribution in [1.29, 1.82) is 0 Å². The molecule has 1 aromatic carbocycles. The molecule has 1 fully saturated rings. The van der Waals surface area contributed by atoms with Crippen molar-refractivity contribution >= 4 is 23.4 Å².